The lowest BCUT2D eigenvalue weighted by Crippen LogP contribution is -2.34. The van der Waals surface area contributed by atoms with Gasteiger partial charge in [0.1, 0.15) is 23.7 Å². The summed E-state index contributed by atoms with van der Waals surface area (Å²) in [5.41, 5.74) is 9.13. The molecule has 2 aromatic heterocycles. The third-order valence-electron chi connectivity index (χ3n) is 7.33. The van der Waals surface area contributed by atoms with Gasteiger partial charge in [-0.1, -0.05) is 36.6 Å². The van der Waals surface area contributed by atoms with Gasteiger partial charge in [0.15, 0.2) is 5.83 Å². The van der Waals surface area contributed by atoms with Crippen LogP contribution in [0.1, 0.15) is 36.7 Å². The van der Waals surface area contributed by atoms with Crippen molar-refractivity contribution in [2.75, 3.05) is 38.3 Å². The van der Waals surface area contributed by atoms with E-state index in [1.165, 1.54) is 30.3 Å². The van der Waals surface area contributed by atoms with Gasteiger partial charge in [-0.05, 0) is 56.2 Å². The number of nitrogens with two attached hydrogens (primary N) is 1. The number of rotatable bonds is 8. The normalized spacial score (nSPS) is 11.3. The van der Waals surface area contributed by atoms with Crippen molar-refractivity contribution in [3.8, 4) is 40.0 Å². The lowest BCUT2D eigenvalue weighted by molar-refractivity contribution is -0.123. The number of ether oxygens (including phenoxy) is 2. The van der Waals surface area contributed by atoms with Crippen LogP contribution in [0.4, 0.5) is 33.9 Å². The molecule has 0 aliphatic carbocycles. The Morgan fingerprint density at radius 1 is 1.08 bits per heavy atom. The summed E-state index contributed by atoms with van der Waals surface area (Å²) in [7, 11) is 4.59. The summed E-state index contributed by atoms with van der Waals surface area (Å²) >= 11 is 0. The van der Waals surface area contributed by atoms with E-state index >= 15 is 0 Å². The van der Waals surface area contributed by atoms with E-state index in [2.05, 4.69) is 28.7 Å². The Morgan fingerprint density at radius 2 is 1.73 bits per heavy atom. The van der Waals surface area contributed by atoms with E-state index in [0.717, 1.165) is 0 Å². The molecule has 2 heterocycles. The Labute approximate surface area is 291 Å². The predicted molar refractivity (Wildman–Crippen MR) is 186 cm³/mol. The number of aryl methyl sites for hydroxylation is 1. The lowest BCUT2D eigenvalue weighted by Gasteiger charge is -2.23. The molecule has 2 aromatic carbocycles. The number of carbonyl (C=O) groups excluding carboxylic acids is 3. The number of amides is 3. The molecule has 3 amide bonds. The molecule has 0 radical (unpaired) electrons. The summed E-state index contributed by atoms with van der Waals surface area (Å²) in [6.45, 7) is 6.75. The molecule has 0 unspecified atom stereocenters. The smallest absolute Gasteiger partial charge is 0.410 e. The first-order chi connectivity index (χ1) is 23.8. The number of anilines is 2. The number of hydrogen-bond donors (Lipinski definition) is 3. The molecule has 11 nitrogen and oxygen atoms in total. The van der Waals surface area contributed by atoms with E-state index in [9.17, 15) is 31.9 Å². The zero-order valence-electron chi connectivity index (χ0n) is 28.7. The molecule has 0 aliphatic rings. The van der Waals surface area contributed by atoms with Crippen molar-refractivity contribution in [2.45, 2.75) is 32.5 Å². The summed E-state index contributed by atoms with van der Waals surface area (Å²) in [5.74, 6) is 3.00. The lowest BCUT2D eigenvalue weighted by atomic mass is 9.96. The van der Waals surface area contributed by atoms with Gasteiger partial charge in [0.05, 0.1) is 41.4 Å². The highest BCUT2D eigenvalue weighted by Gasteiger charge is 2.29. The van der Waals surface area contributed by atoms with Crippen molar-refractivity contribution >= 4 is 40.3 Å². The molecule has 0 saturated carbocycles. The van der Waals surface area contributed by atoms with Crippen LogP contribution in [0.5, 0.6) is 5.75 Å². The largest absolute Gasteiger partial charge is 0.496 e. The molecule has 15 heteroatoms. The summed E-state index contributed by atoms with van der Waals surface area (Å²) < 4.78 is 64.4. The van der Waals surface area contributed by atoms with Gasteiger partial charge >= 0.3 is 12.3 Å². The van der Waals surface area contributed by atoms with E-state index in [1.54, 1.807) is 65.2 Å². The monoisotopic (exact) mass is 708 g/mol. The molecule has 0 spiro atoms. The number of hydrogen-bond acceptors (Lipinski definition) is 7. The van der Waals surface area contributed by atoms with E-state index in [-0.39, 0.29) is 23.7 Å². The number of alkyl halides is 3. The average molecular weight is 709 g/mol. The van der Waals surface area contributed by atoms with Crippen molar-refractivity contribution in [1.82, 2.24) is 19.8 Å². The number of nitrogens with one attached hydrogen (secondary N) is 2. The molecule has 4 N–H and O–H groups in total. The first-order valence-electron chi connectivity index (χ1n) is 15.3. The van der Waals surface area contributed by atoms with Gasteiger partial charge in [-0.2, -0.15) is 13.2 Å². The van der Waals surface area contributed by atoms with Crippen LogP contribution in [0.15, 0.2) is 61.1 Å². The topological polar surface area (TPSA) is 141 Å². The fourth-order valence-corrected chi connectivity index (χ4v) is 5.10. The zero-order valence-corrected chi connectivity index (χ0v) is 28.7. The summed E-state index contributed by atoms with van der Waals surface area (Å²) in [5, 5.41) is 4.71. The number of pyridine rings is 1. The van der Waals surface area contributed by atoms with Crippen molar-refractivity contribution in [1.29, 1.82) is 0 Å². The van der Waals surface area contributed by atoms with Crippen LogP contribution < -0.4 is 21.1 Å². The highest BCUT2D eigenvalue weighted by Crippen LogP contribution is 2.44. The van der Waals surface area contributed by atoms with Crippen molar-refractivity contribution in [2.24, 2.45) is 7.05 Å². The second-order valence-corrected chi connectivity index (χ2v) is 12.4. The van der Waals surface area contributed by atoms with E-state index < -0.39 is 42.1 Å². The summed E-state index contributed by atoms with van der Waals surface area (Å²) in [6, 6.07) is 10.8. The maximum atomic E-state index is 13.3. The standard InChI is InChI=1S/C36H36F4N6O5/c1-20(37)32(47)44-24-13-10-21(11-14-24)29-27(22-12-15-25(26(17-22)50-7)33(48)43-19-36(38,39)40)28-30(46(29)6)23(18-42-31(28)41)9-8-16-45(5)34(49)51-35(2,3)4/h10-15,17-18H,1,16,19H2,2-7H3,(H2,41,42)(H,43,48)(H,44,47). The third kappa shape index (κ3) is 8.96. The zero-order chi connectivity index (χ0) is 37.8. The number of fused-ring (bicyclic) bond motifs is 1. The highest BCUT2D eigenvalue weighted by molar-refractivity contribution is 6.11. The van der Waals surface area contributed by atoms with Crippen LogP contribution in [0.2, 0.25) is 0 Å². The minimum absolute atomic E-state index is 0.00713. The second-order valence-electron chi connectivity index (χ2n) is 12.4. The second kappa shape index (κ2) is 14.8. The van der Waals surface area contributed by atoms with Crippen molar-refractivity contribution in [3.63, 3.8) is 0 Å². The number of methoxy groups -OCH3 is 1. The number of halogens is 4. The molecule has 0 fully saturated rings. The maximum absolute atomic E-state index is 13.3. The number of nitrogen functional groups attached to an aromatic ring is 1. The van der Waals surface area contributed by atoms with Crippen LogP contribution in [0, 0.1) is 11.8 Å². The van der Waals surface area contributed by atoms with Crippen LogP contribution in [0.3, 0.4) is 0 Å². The number of carbonyl (C=O) groups is 3. The molecule has 0 bridgehead atoms. The Kier molecular flexibility index (Phi) is 11.0. The third-order valence-corrected chi connectivity index (χ3v) is 7.33. The molecule has 4 rings (SSSR count). The fraction of sp³-hybridized carbons (Fsp3) is 0.278. The summed E-state index contributed by atoms with van der Waals surface area (Å²) in [6.07, 6.45) is -3.68. The molecule has 0 aliphatic heterocycles. The summed E-state index contributed by atoms with van der Waals surface area (Å²) in [4.78, 5) is 42.7. The van der Waals surface area contributed by atoms with Gasteiger partial charge in [0.25, 0.3) is 11.8 Å². The minimum Gasteiger partial charge on any atom is -0.496 e. The Hall–Kier alpha value is -6.04. The van der Waals surface area contributed by atoms with Crippen LogP contribution in [-0.4, -0.2) is 71.4 Å². The van der Waals surface area contributed by atoms with E-state index in [0.29, 0.717) is 44.5 Å². The SMILES string of the molecule is C=C(F)C(=O)Nc1ccc(-c2c(-c3ccc(C(=O)NCC(F)(F)F)c(OC)c3)c3c(N)ncc(C#CCN(C)C(=O)OC(C)(C)C)c3n2C)cc1. The van der Waals surface area contributed by atoms with Gasteiger partial charge in [-0.15, -0.1) is 0 Å². The van der Waals surface area contributed by atoms with E-state index in [1.807, 2.05) is 9.88 Å². The molecular weight excluding hydrogens is 672 g/mol. The Morgan fingerprint density at radius 3 is 2.31 bits per heavy atom. The molecule has 51 heavy (non-hydrogen) atoms. The quantitative estimate of drug-likeness (QED) is 0.109. The molecular formula is C36H36F4N6O5. The van der Waals surface area contributed by atoms with Crippen molar-refractivity contribution < 1.29 is 41.4 Å². The fourth-order valence-electron chi connectivity index (χ4n) is 5.10. The first kappa shape index (κ1) is 37.8. The van der Waals surface area contributed by atoms with E-state index in [4.69, 9.17) is 15.2 Å². The van der Waals surface area contributed by atoms with Crippen LogP contribution in [0.25, 0.3) is 33.3 Å². The van der Waals surface area contributed by atoms with Crippen molar-refractivity contribution in [3.05, 3.63) is 72.2 Å². The highest BCUT2D eigenvalue weighted by atomic mass is 19.4. The number of aromatic nitrogens is 2. The van der Waals surface area contributed by atoms with Gasteiger partial charge in [0, 0.05) is 31.5 Å². The average Bonchev–Trinajstić information content (AvgIpc) is 3.37. The number of benzene rings is 2. The Bertz CT molecular complexity index is 2070. The van der Waals surface area contributed by atoms with Crippen LogP contribution in [-0.2, 0) is 16.6 Å². The molecule has 268 valence electrons. The molecule has 0 atom stereocenters. The van der Waals surface area contributed by atoms with Gasteiger partial charge in [0.2, 0.25) is 0 Å². The maximum Gasteiger partial charge on any atom is 0.410 e. The van der Waals surface area contributed by atoms with Gasteiger partial charge < -0.3 is 35.3 Å². The number of nitrogens with zero attached hydrogens (tertiary/aromatic N) is 3. The Balaban J connectivity index is 1.90. The van der Waals surface area contributed by atoms with Gasteiger partial charge in [-0.25, -0.2) is 14.2 Å². The van der Waals surface area contributed by atoms with Gasteiger partial charge in [-0.3, -0.25) is 9.59 Å². The first-order valence-corrected chi connectivity index (χ1v) is 15.3. The van der Waals surface area contributed by atoms with Crippen LogP contribution >= 0.6 is 0 Å². The molecule has 0 saturated heterocycles. The molecule has 4 aromatic rings. The minimum atomic E-state index is -4.62. The predicted octanol–water partition coefficient (Wildman–Crippen LogP) is 6.43.